The van der Waals surface area contributed by atoms with Gasteiger partial charge in [-0.05, 0) is 93.8 Å². The number of amides is 7. The molecule has 0 saturated heterocycles. The predicted octanol–water partition coefficient (Wildman–Crippen LogP) is -1.28. The molecule has 0 fully saturated rings. The second-order valence-electron chi connectivity index (χ2n) is 20.8. The number of hydrogen-bond acceptors (Lipinski definition) is 15. The molecule has 0 radical (unpaired) electrons. The van der Waals surface area contributed by atoms with Crippen LogP contribution < -0.4 is 86.9 Å². The number of aliphatic hydroxyl groups is 1. The summed E-state index contributed by atoms with van der Waals surface area (Å²) >= 11 is 0. The van der Waals surface area contributed by atoms with Crippen LogP contribution >= 0.6 is 0 Å². The van der Waals surface area contributed by atoms with Crippen molar-refractivity contribution in [2.75, 3.05) is 32.0 Å². The van der Waals surface area contributed by atoms with E-state index in [9.17, 15) is 58.2 Å². The fraction of sp³-hybridized carbons (Fsp3) is 0.589. The third kappa shape index (κ3) is 16.4. The van der Waals surface area contributed by atoms with Crippen molar-refractivity contribution >= 4 is 65.6 Å². The molecule has 10 atom stereocenters. The Kier molecular flexibility index (Phi) is 25.7. The van der Waals surface area contributed by atoms with E-state index < -0.39 is 114 Å². The van der Waals surface area contributed by atoms with Gasteiger partial charge in [0.15, 0.2) is 6.23 Å². The normalized spacial score (nSPS) is 21.5. The standard InChI is InChI=1S/C56H79N9O14.Na/c1-8-11-12-13-14-15-16-17-21-42(69)61-33(5)49(72)63-38-27-32(4)26-35-28-34(46(71)45(64-51(38)74)52(75)59-23-25-67)29-37-47(35)78-54-56(37,30-39(62-41(68)9-2)50(73)60-31-43(70)58-22-24-66)36-19-18-20-40(44(36)65-54)79-55(6,10-3)48(57-7)53(76)77;/h9,18-20,24,28-29,32-33,38-39,45-46,48,54,57,65,71H,8,10-17,21-23,26-27,30-31H2,1-7H3,(H,58,70)(H,59,75)(H,60,73)(H,61,69)(H,62,68)(H,63,72)(H,64,74)(H,76,77);/q-2;+1/t32?,33?,38?,39?,45?,46?,48?,54?,55?,56-;/m0./s1. The number of carboxylic acids is 1. The maximum Gasteiger partial charge on any atom is 1.00 e. The fourth-order valence-corrected chi connectivity index (χ4v) is 10.6. The maximum atomic E-state index is 14.4. The van der Waals surface area contributed by atoms with Crippen LogP contribution in [0.1, 0.15) is 147 Å². The van der Waals surface area contributed by atoms with E-state index in [2.05, 4.69) is 54.8 Å². The average Bonchev–Trinajstić information content (AvgIpc) is 3.17. The van der Waals surface area contributed by atoms with E-state index in [1.165, 1.54) is 40.2 Å². The van der Waals surface area contributed by atoms with Gasteiger partial charge < -0.3 is 88.3 Å². The Bertz CT molecular complexity index is 2550. The number of likely N-dealkylation sites (N-methyl/N-ethyl adjacent to an activating group) is 1. The first-order chi connectivity index (χ1) is 37.7. The van der Waals surface area contributed by atoms with Crippen molar-refractivity contribution < 1.29 is 97.2 Å². The van der Waals surface area contributed by atoms with Crippen molar-refractivity contribution in [1.29, 1.82) is 0 Å². The first-order valence-electron chi connectivity index (χ1n) is 27.3. The van der Waals surface area contributed by atoms with Gasteiger partial charge >= 0.3 is 35.5 Å². The number of ether oxygens (including phenoxy) is 2. The Morgan fingerprint density at radius 1 is 0.963 bits per heavy atom. The molecule has 3 aliphatic heterocycles. The van der Waals surface area contributed by atoms with E-state index in [-0.39, 0.29) is 91.2 Å². The maximum absolute atomic E-state index is 14.4. The molecule has 5 rings (SSSR count). The number of aliphatic carboxylic acids is 1. The van der Waals surface area contributed by atoms with E-state index in [0.29, 0.717) is 35.1 Å². The Morgan fingerprint density at radius 3 is 2.30 bits per heavy atom. The van der Waals surface area contributed by atoms with Crippen molar-refractivity contribution in [2.45, 2.75) is 179 Å². The Morgan fingerprint density at radius 2 is 1.66 bits per heavy atom. The van der Waals surface area contributed by atoms with Gasteiger partial charge in [0.2, 0.25) is 35.4 Å². The van der Waals surface area contributed by atoms with Crippen molar-refractivity contribution in [2.24, 2.45) is 5.92 Å². The number of carboxylic acid groups (broad SMARTS) is 1. The molecule has 0 aliphatic carbocycles. The SMILES string of the molecule is C[CH-]C(=O)NC(C[C@@]12c3cccc(OC(C)(CC)C(NC)C(=O)O)c3NC1Oc1c3cc(cc12)C(O)C(C(=O)NC[C-]=O)NC(=O)C(NC(=O)C(C)NC(=O)CCCCCCCCCC)CC(C)C3)C(=O)NCC(=O)NCC=O.[Na+]. The summed E-state index contributed by atoms with van der Waals surface area (Å²) in [6.45, 7) is 8.86. The number of para-hydroxylation sites is 1. The van der Waals surface area contributed by atoms with Crippen LogP contribution in [0.25, 0.3) is 0 Å². The smallest absolute Gasteiger partial charge is 0.540 e. The number of aldehydes is 1. The van der Waals surface area contributed by atoms with Gasteiger partial charge in [0.05, 0.1) is 30.1 Å². The number of aliphatic hydroxyl groups excluding tert-OH is 1. The van der Waals surface area contributed by atoms with E-state index in [4.69, 9.17) is 9.47 Å². The molecule has 3 heterocycles. The summed E-state index contributed by atoms with van der Waals surface area (Å²) in [4.78, 5) is 130. The van der Waals surface area contributed by atoms with Gasteiger partial charge in [0.25, 0.3) is 0 Å². The molecule has 24 heteroatoms. The van der Waals surface area contributed by atoms with E-state index >= 15 is 0 Å². The fourth-order valence-electron chi connectivity index (χ4n) is 10.6. The van der Waals surface area contributed by atoms with Crippen LogP contribution in [0.4, 0.5) is 5.69 Å². The summed E-state index contributed by atoms with van der Waals surface area (Å²) in [6, 6.07) is 1.42. The predicted molar refractivity (Wildman–Crippen MR) is 290 cm³/mol. The number of hydrogen-bond donors (Lipinski definition) is 11. The molecule has 80 heavy (non-hydrogen) atoms. The zero-order valence-electron chi connectivity index (χ0n) is 47.3. The first-order valence-corrected chi connectivity index (χ1v) is 27.3. The minimum absolute atomic E-state index is 0. The monoisotopic (exact) mass is 1120 g/mol. The third-order valence-corrected chi connectivity index (χ3v) is 15.0. The van der Waals surface area contributed by atoms with Crippen LogP contribution in [-0.4, -0.2) is 139 Å². The summed E-state index contributed by atoms with van der Waals surface area (Å²) in [5.74, 6) is -6.11. The van der Waals surface area contributed by atoms with Crippen molar-refractivity contribution in [1.82, 2.24) is 42.5 Å². The molecule has 2 aromatic carbocycles. The minimum atomic E-state index is -1.86. The molecule has 3 aliphatic rings. The van der Waals surface area contributed by atoms with Crippen LogP contribution in [0, 0.1) is 12.3 Å². The molecule has 23 nitrogen and oxygen atoms in total. The zero-order valence-corrected chi connectivity index (χ0v) is 49.3. The molecule has 11 N–H and O–H groups in total. The summed E-state index contributed by atoms with van der Waals surface area (Å²) < 4.78 is 13.6. The number of benzene rings is 2. The number of rotatable bonds is 30. The van der Waals surface area contributed by atoms with Crippen molar-refractivity contribution in [3.8, 4) is 11.5 Å². The van der Waals surface area contributed by atoms with Crippen LogP contribution in [0.3, 0.4) is 0 Å². The molecule has 0 aromatic heterocycles. The van der Waals surface area contributed by atoms with Gasteiger partial charge in [-0.2, -0.15) is 6.92 Å². The Labute approximate surface area is 489 Å². The molecular weight excluding hydrogens is 1050 g/mol. The number of carbonyl (C=O) groups is 9. The molecule has 434 valence electrons. The van der Waals surface area contributed by atoms with E-state index in [0.717, 1.165) is 32.1 Å². The minimum Gasteiger partial charge on any atom is -0.540 e. The van der Waals surface area contributed by atoms with E-state index in [1.54, 1.807) is 50.5 Å². The number of nitrogens with one attached hydrogen (secondary N) is 9. The average molecular weight is 1130 g/mol. The van der Waals surface area contributed by atoms with Gasteiger partial charge in [0.1, 0.15) is 59.7 Å². The molecular formula is C56H79N9NaO14-. The number of unbranched alkanes of at least 4 members (excludes halogenated alkanes) is 7. The number of carbonyl (C=O) groups excluding carboxylic acids is 9. The molecule has 2 bridgehead atoms. The Hall–Kier alpha value is -6.27. The van der Waals surface area contributed by atoms with Gasteiger partial charge in [-0.15, -0.1) is 0 Å². The topological polar surface area (TPSA) is 338 Å². The van der Waals surface area contributed by atoms with Gasteiger partial charge in [0, 0.05) is 12.0 Å². The summed E-state index contributed by atoms with van der Waals surface area (Å²) in [5, 5.41) is 47.0. The van der Waals surface area contributed by atoms with Gasteiger partial charge in [-0.3, -0.25) is 33.6 Å². The Balaban J connectivity index is 0.0000138. The summed E-state index contributed by atoms with van der Waals surface area (Å²) in [7, 11) is 1.50. The molecule has 7 amide bonds. The number of fused-ring (bicyclic) bond motifs is 8. The number of anilines is 1. The summed E-state index contributed by atoms with van der Waals surface area (Å²) in [5.41, 5.74) is -1.20. The quantitative estimate of drug-likeness (QED) is 0.0188. The molecule has 0 saturated carbocycles. The second-order valence-corrected chi connectivity index (χ2v) is 20.8. The van der Waals surface area contributed by atoms with Crippen LogP contribution in [0.15, 0.2) is 30.3 Å². The van der Waals surface area contributed by atoms with Gasteiger partial charge in [-0.25, -0.2) is 6.29 Å². The molecule has 0 spiro atoms. The van der Waals surface area contributed by atoms with Gasteiger partial charge in [-0.1, -0.05) is 84.4 Å². The van der Waals surface area contributed by atoms with E-state index in [1.807, 2.05) is 6.92 Å². The van der Waals surface area contributed by atoms with Crippen LogP contribution in [-0.2, 0) is 59.8 Å². The summed E-state index contributed by atoms with van der Waals surface area (Å²) in [6.07, 6.45) is 8.80. The van der Waals surface area contributed by atoms with Crippen LogP contribution in [0.5, 0.6) is 11.5 Å². The van der Waals surface area contributed by atoms with Crippen molar-refractivity contribution in [3.05, 3.63) is 59.0 Å². The largest absolute Gasteiger partial charge is 1.00 e. The van der Waals surface area contributed by atoms with Crippen molar-refractivity contribution in [3.63, 3.8) is 0 Å². The second kappa shape index (κ2) is 31.1. The first kappa shape index (κ1) is 66.2. The zero-order chi connectivity index (χ0) is 58.0. The molecule has 9 unspecified atom stereocenters. The van der Waals surface area contributed by atoms with Crippen LogP contribution in [0.2, 0.25) is 0 Å². The third-order valence-electron chi connectivity index (χ3n) is 15.0. The molecule has 2 aromatic rings.